The molecule has 2 heterocycles. The molecule has 2 rings (SSSR count). The summed E-state index contributed by atoms with van der Waals surface area (Å²) in [4.78, 5) is 17.3. The molecule has 0 unspecified atom stereocenters. The maximum absolute atomic E-state index is 11.8. The highest BCUT2D eigenvalue weighted by atomic mass is 16.5. The first kappa shape index (κ1) is 10.3. The normalized spacial score (nSPS) is 10.4. The lowest BCUT2D eigenvalue weighted by atomic mass is 10.3. The summed E-state index contributed by atoms with van der Waals surface area (Å²) in [5, 5.41) is 9.95. The van der Waals surface area contributed by atoms with Gasteiger partial charge in [0.1, 0.15) is 0 Å². The SMILES string of the molecule is Cc1noc(CN(C)C(=O)c2cn[nH]c2)n1. The number of carbonyl (C=O) groups excluding carboxylic acids is 1. The second kappa shape index (κ2) is 4.13. The van der Waals surface area contributed by atoms with Crippen LogP contribution in [0.4, 0.5) is 0 Å². The van der Waals surface area contributed by atoms with Gasteiger partial charge >= 0.3 is 0 Å². The molecule has 84 valence electrons. The molecule has 7 nitrogen and oxygen atoms in total. The zero-order valence-corrected chi connectivity index (χ0v) is 8.97. The smallest absolute Gasteiger partial charge is 0.257 e. The molecule has 0 aliphatic carbocycles. The molecule has 0 aliphatic heterocycles. The van der Waals surface area contributed by atoms with E-state index in [9.17, 15) is 4.79 Å². The highest BCUT2D eigenvalue weighted by molar-refractivity contribution is 5.93. The highest BCUT2D eigenvalue weighted by Crippen LogP contribution is 2.05. The van der Waals surface area contributed by atoms with E-state index in [1.807, 2.05) is 0 Å². The van der Waals surface area contributed by atoms with Crippen LogP contribution in [0.3, 0.4) is 0 Å². The maximum atomic E-state index is 11.8. The van der Waals surface area contributed by atoms with E-state index in [2.05, 4.69) is 20.3 Å². The number of nitrogens with one attached hydrogen (secondary N) is 1. The molecule has 16 heavy (non-hydrogen) atoms. The number of amides is 1. The standard InChI is InChI=1S/C9H11N5O2/c1-6-12-8(16-13-6)5-14(2)9(15)7-3-10-11-4-7/h3-4H,5H2,1-2H3,(H,10,11). The summed E-state index contributed by atoms with van der Waals surface area (Å²) in [5.41, 5.74) is 0.499. The second-order valence-corrected chi connectivity index (χ2v) is 3.38. The largest absolute Gasteiger partial charge is 0.337 e. The first-order valence-electron chi connectivity index (χ1n) is 4.70. The van der Waals surface area contributed by atoms with Gasteiger partial charge in [0.25, 0.3) is 5.91 Å². The number of carbonyl (C=O) groups is 1. The van der Waals surface area contributed by atoms with Crippen LogP contribution in [0, 0.1) is 6.92 Å². The number of nitrogens with zero attached hydrogens (tertiary/aromatic N) is 4. The highest BCUT2D eigenvalue weighted by Gasteiger charge is 2.15. The van der Waals surface area contributed by atoms with Crippen molar-refractivity contribution in [3.8, 4) is 0 Å². The Morgan fingerprint density at radius 3 is 3.00 bits per heavy atom. The molecule has 0 aromatic carbocycles. The number of H-pyrrole nitrogens is 1. The third kappa shape index (κ3) is 2.08. The van der Waals surface area contributed by atoms with E-state index >= 15 is 0 Å². The van der Waals surface area contributed by atoms with Crippen molar-refractivity contribution in [3.05, 3.63) is 29.7 Å². The van der Waals surface area contributed by atoms with Crippen molar-refractivity contribution in [2.45, 2.75) is 13.5 Å². The topological polar surface area (TPSA) is 87.9 Å². The average Bonchev–Trinajstić information content (AvgIpc) is 2.88. The van der Waals surface area contributed by atoms with E-state index in [4.69, 9.17) is 4.52 Å². The van der Waals surface area contributed by atoms with Crippen LogP contribution in [0.2, 0.25) is 0 Å². The van der Waals surface area contributed by atoms with Crippen LogP contribution in [0.5, 0.6) is 0 Å². The number of aryl methyl sites for hydroxylation is 1. The van der Waals surface area contributed by atoms with Gasteiger partial charge in [-0.3, -0.25) is 9.89 Å². The number of aromatic nitrogens is 4. The molecule has 0 atom stereocenters. The summed E-state index contributed by atoms with van der Waals surface area (Å²) in [5.74, 6) is 0.820. The summed E-state index contributed by atoms with van der Waals surface area (Å²) in [6.45, 7) is 2.01. The van der Waals surface area contributed by atoms with Crippen LogP contribution in [0.1, 0.15) is 22.1 Å². The van der Waals surface area contributed by atoms with Crippen LogP contribution in [-0.4, -0.2) is 38.2 Å². The molecular formula is C9H11N5O2. The molecule has 0 saturated heterocycles. The van der Waals surface area contributed by atoms with E-state index in [0.717, 1.165) is 0 Å². The van der Waals surface area contributed by atoms with E-state index < -0.39 is 0 Å². The summed E-state index contributed by atoms with van der Waals surface area (Å²) < 4.78 is 4.92. The van der Waals surface area contributed by atoms with Gasteiger partial charge in [-0.1, -0.05) is 5.16 Å². The van der Waals surface area contributed by atoms with Crippen molar-refractivity contribution in [2.24, 2.45) is 0 Å². The van der Waals surface area contributed by atoms with Gasteiger partial charge in [-0.25, -0.2) is 0 Å². The van der Waals surface area contributed by atoms with E-state index in [1.165, 1.54) is 17.3 Å². The second-order valence-electron chi connectivity index (χ2n) is 3.38. The van der Waals surface area contributed by atoms with Crippen LogP contribution >= 0.6 is 0 Å². The van der Waals surface area contributed by atoms with Crippen molar-refractivity contribution >= 4 is 5.91 Å². The van der Waals surface area contributed by atoms with Gasteiger partial charge in [0.05, 0.1) is 18.3 Å². The van der Waals surface area contributed by atoms with Crippen molar-refractivity contribution < 1.29 is 9.32 Å². The van der Waals surface area contributed by atoms with Gasteiger partial charge in [0, 0.05) is 13.2 Å². The molecule has 1 N–H and O–H groups in total. The Morgan fingerprint density at radius 2 is 2.44 bits per heavy atom. The van der Waals surface area contributed by atoms with Gasteiger partial charge in [0.15, 0.2) is 5.82 Å². The fourth-order valence-corrected chi connectivity index (χ4v) is 1.27. The minimum absolute atomic E-state index is 0.149. The first-order valence-corrected chi connectivity index (χ1v) is 4.70. The number of aromatic amines is 1. The molecule has 0 bridgehead atoms. The minimum Gasteiger partial charge on any atom is -0.337 e. The zero-order chi connectivity index (χ0) is 11.5. The van der Waals surface area contributed by atoms with Gasteiger partial charge in [0.2, 0.25) is 5.89 Å². The molecule has 2 aromatic heterocycles. The van der Waals surface area contributed by atoms with Crippen molar-refractivity contribution in [1.82, 2.24) is 25.2 Å². The average molecular weight is 221 g/mol. The van der Waals surface area contributed by atoms with Gasteiger partial charge < -0.3 is 9.42 Å². The Balaban J connectivity index is 2.03. The fraction of sp³-hybridized carbons (Fsp3) is 0.333. The van der Waals surface area contributed by atoms with Crippen LogP contribution < -0.4 is 0 Å². The van der Waals surface area contributed by atoms with Gasteiger partial charge in [-0.2, -0.15) is 10.1 Å². The number of hydrogen-bond acceptors (Lipinski definition) is 5. The van der Waals surface area contributed by atoms with E-state index in [0.29, 0.717) is 17.3 Å². The quantitative estimate of drug-likeness (QED) is 0.809. The summed E-state index contributed by atoms with van der Waals surface area (Å²) in [6, 6.07) is 0. The molecule has 2 aromatic rings. The molecule has 0 aliphatic rings. The Labute approximate surface area is 91.5 Å². The molecule has 0 spiro atoms. The Hall–Kier alpha value is -2.18. The Kier molecular flexibility index (Phi) is 2.67. The zero-order valence-electron chi connectivity index (χ0n) is 8.97. The lowest BCUT2D eigenvalue weighted by Gasteiger charge is -2.12. The van der Waals surface area contributed by atoms with E-state index in [1.54, 1.807) is 14.0 Å². The third-order valence-electron chi connectivity index (χ3n) is 2.03. The lowest BCUT2D eigenvalue weighted by molar-refractivity contribution is 0.0769. The number of rotatable bonds is 3. The molecule has 7 heteroatoms. The fourth-order valence-electron chi connectivity index (χ4n) is 1.27. The van der Waals surface area contributed by atoms with Crippen molar-refractivity contribution in [1.29, 1.82) is 0 Å². The van der Waals surface area contributed by atoms with Crippen LogP contribution in [0.25, 0.3) is 0 Å². The maximum Gasteiger partial charge on any atom is 0.257 e. The monoisotopic (exact) mass is 221 g/mol. The molecular weight excluding hydrogens is 210 g/mol. The van der Waals surface area contributed by atoms with Crippen molar-refractivity contribution in [2.75, 3.05) is 7.05 Å². The molecule has 1 amide bonds. The summed E-state index contributed by atoms with van der Waals surface area (Å²) >= 11 is 0. The van der Waals surface area contributed by atoms with Crippen LogP contribution in [-0.2, 0) is 6.54 Å². The molecule has 0 radical (unpaired) electrons. The van der Waals surface area contributed by atoms with Crippen molar-refractivity contribution in [3.63, 3.8) is 0 Å². The molecule has 0 saturated carbocycles. The van der Waals surface area contributed by atoms with Crippen LogP contribution in [0.15, 0.2) is 16.9 Å². The predicted octanol–water partition coefficient (Wildman–Crippen LogP) is 0.373. The van der Waals surface area contributed by atoms with Gasteiger partial charge in [-0.05, 0) is 6.92 Å². The van der Waals surface area contributed by atoms with E-state index in [-0.39, 0.29) is 12.5 Å². The summed E-state index contributed by atoms with van der Waals surface area (Å²) in [6.07, 6.45) is 3.01. The predicted molar refractivity (Wildman–Crippen MR) is 53.4 cm³/mol. The third-order valence-corrected chi connectivity index (χ3v) is 2.03. The Morgan fingerprint density at radius 1 is 1.62 bits per heavy atom. The lowest BCUT2D eigenvalue weighted by Crippen LogP contribution is -2.26. The minimum atomic E-state index is -0.149. The van der Waals surface area contributed by atoms with Gasteiger partial charge in [-0.15, -0.1) is 0 Å². The summed E-state index contributed by atoms with van der Waals surface area (Å²) in [7, 11) is 1.66. The Bertz CT molecular complexity index is 476. The molecule has 0 fully saturated rings. The number of hydrogen-bond donors (Lipinski definition) is 1. The first-order chi connectivity index (χ1) is 7.66.